The molecule has 0 aliphatic rings. The zero-order valence-corrected chi connectivity index (χ0v) is 16.1. The van der Waals surface area contributed by atoms with Gasteiger partial charge in [-0.2, -0.15) is 0 Å². The second-order valence-corrected chi connectivity index (χ2v) is 7.16. The van der Waals surface area contributed by atoms with Crippen LogP contribution in [0.5, 0.6) is 0 Å². The van der Waals surface area contributed by atoms with Crippen LogP contribution < -0.4 is 5.56 Å². The van der Waals surface area contributed by atoms with Gasteiger partial charge in [-0.25, -0.2) is 4.39 Å². The maximum atomic E-state index is 14.7. The number of pyridine rings is 3. The number of aromatic nitrogens is 3. The molecule has 0 saturated heterocycles. The van der Waals surface area contributed by atoms with E-state index in [4.69, 9.17) is 0 Å². The molecule has 0 fully saturated rings. The number of fused-ring (bicyclic) bond motifs is 1. The lowest BCUT2D eigenvalue weighted by Crippen LogP contribution is -2.21. The van der Waals surface area contributed by atoms with E-state index in [1.807, 2.05) is 25.1 Å². The van der Waals surface area contributed by atoms with E-state index in [2.05, 4.69) is 25.9 Å². The average molecular weight is 424 g/mol. The lowest BCUT2D eigenvalue weighted by atomic mass is 10.0. The summed E-state index contributed by atoms with van der Waals surface area (Å²) in [6, 6.07) is 12.3. The van der Waals surface area contributed by atoms with E-state index in [1.165, 1.54) is 10.6 Å². The molecule has 3 aromatic heterocycles. The molecule has 4 rings (SSSR count). The zero-order chi connectivity index (χ0) is 19.0. The molecule has 0 aliphatic heterocycles. The number of halogens is 2. The topological polar surface area (TPSA) is 47.8 Å². The van der Waals surface area contributed by atoms with Crippen LogP contribution in [0.4, 0.5) is 4.39 Å². The molecule has 0 aliphatic carbocycles. The third kappa shape index (κ3) is 3.40. The molecule has 1 aromatic carbocycles. The van der Waals surface area contributed by atoms with Crippen molar-refractivity contribution in [1.29, 1.82) is 0 Å². The van der Waals surface area contributed by atoms with Gasteiger partial charge in [0.2, 0.25) is 0 Å². The fourth-order valence-corrected chi connectivity index (χ4v) is 3.62. The van der Waals surface area contributed by atoms with Gasteiger partial charge >= 0.3 is 0 Å². The van der Waals surface area contributed by atoms with Gasteiger partial charge in [-0.15, -0.1) is 0 Å². The molecule has 0 N–H and O–H groups in total. The van der Waals surface area contributed by atoms with Crippen molar-refractivity contribution in [3.05, 3.63) is 93.0 Å². The highest BCUT2D eigenvalue weighted by Gasteiger charge is 2.11. The van der Waals surface area contributed by atoms with E-state index < -0.39 is 0 Å². The highest BCUT2D eigenvalue weighted by Crippen LogP contribution is 2.23. The maximum absolute atomic E-state index is 14.7. The van der Waals surface area contributed by atoms with Crippen LogP contribution in [0.3, 0.4) is 0 Å². The molecule has 3 heterocycles. The second-order valence-electron chi connectivity index (χ2n) is 6.30. The van der Waals surface area contributed by atoms with Gasteiger partial charge < -0.3 is 4.57 Å². The van der Waals surface area contributed by atoms with Crippen molar-refractivity contribution >= 4 is 26.8 Å². The van der Waals surface area contributed by atoms with Gasteiger partial charge in [-0.3, -0.25) is 14.8 Å². The Balaban J connectivity index is 1.72. The number of benzene rings is 1. The molecule has 134 valence electrons. The normalized spacial score (nSPS) is 11.1. The first-order valence-corrected chi connectivity index (χ1v) is 9.17. The summed E-state index contributed by atoms with van der Waals surface area (Å²) < 4.78 is 16.9. The average Bonchev–Trinajstić information content (AvgIpc) is 2.67. The van der Waals surface area contributed by atoms with E-state index >= 15 is 0 Å². The van der Waals surface area contributed by atoms with Crippen molar-refractivity contribution < 1.29 is 4.39 Å². The first-order valence-electron chi connectivity index (χ1n) is 8.38. The number of aryl methyl sites for hydroxylation is 1. The summed E-state index contributed by atoms with van der Waals surface area (Å²) in [5.74, 6) is -0.351. The van der Waals surface area contributed by atoms with Crippen molar-refractivity contribution in [3.8, 4) is 11.1 Å². The van der Waals surface area contributed by atoms with Crippen LogP contribution in [0.15, 0.2) is 70.3 Å². The monoisotopic (exact) mass is 423 g/mol. The molecule has 0 amide bonds. The molecule has 0 bridgehead atoms. The van der Waals surface area contributed by atoms with E-state index in [9.17, 15) is 9.18 Å². The Morgan fingerprint density at radius 3 is 2.67 bits per heavy atom. The molecule has 27 heavy (non-hydrogen) atoms. The largest absolute Gasteiger partial charge is 0.309 e. The van der Waals surface area contributed by atoms with Crippen LogP contribution in [0.1, 0.15) is 11.3 Å². The third-order valence-corrected chi connectivity index (χ3v) is 5.00. The minimum atomic E-state index is -0.351. The fraction of sp³-hybridized carbons (Fsp3) is 0.0952. The molecule has 0 unspecified atom stereocenters. The standard InChI is InChI=1S/C21H15BrFN3O/c1-13-9-15(6-8-24-13)14-4-5-16(19(23)10-14)11-26-12-18(22)20-17(21(26)27)3-2-7-25-20/h2-10,12H,11H2,1H3. The van der Waals surface area contributed by atoms with Gasteiger partial charge in [-0.1, -0.05) is 12.1 Å². The molecule has 0 spiro atoms. The van der Waals surface area contributed by atoms with Gasteiger partial charge in [0.1, 0.15) is 5.82 Å². The van der Waals surface area contributed by atoms with Crippen molar-refractivity contribution in [3.63, 3.8) is 0 Å². The lowest BCUT2D eigenvalue weighted by Gasteiger charge is -2.11. The van der Waals surface area contributed by atoms with Crippen molar-refractivity contribution in [2.45, 2.75) is 13.5 Å². The Morgan fingerprint density at radius 2 is 1.89 bits per heavy atom. The number of hydrogen-bond acceptors (Lipinski definition) is 3. The summed E-state index contributed by atoms with van der Waals surface area (Å²) >= 11 is 3.44. The van der Waals surface area contributed by atoms with Crippen molar-refractivity contribution in [2.24, 2.45) is 0 Å². The summed E-state index contributed by atoms with van der Waals surface area (Å²) in [5.41, 5.74) is 3.40. The van der Waals surface area contributed by atoms with Crippen LogP contribution in [-0.4, -0.2) is 14.5 Å². The van der Waals surface area contributed by atoms with Crippen LogP contribution in [0.2, 0.25) is 0 Å². The third-order valence-electron chi connectivity index (χ3n) is 4.42. The summed E-state index contributed by atoms with van der Waals surface area (Å²) in [7, 11) is 0. The minimum Gasteiger partial charge on any atom is -0.309 e. The predicted molar refractivity (Wildman–Crippen MR) is 107 cm³/mol. The second kappa shape index (κ2) is 7.04. The molecule has 6 heteroatoms. The van der Waals surface area contributed by atoms with E-state index in [1.54, 1.807) is 36.8 Å². The highest BCUT2D eigenvalue weighted by atomic mass is 79.9. The van der Waals surface area contributed by atoms with Crippen LogP contribution >= 0.6 is 15.9 Å². The predicted octanol–water partition coefficient (Wildman–Crippen LogP) is 4.72. The highest BCUT2D eigenvalue weighted by molar-refractivity contribution is 9.10. The Bertz CT molecular complexity index is 1220. The molecule has 0 saturated carbocycles. The number of rotatable bonds is 3. The molecule has 0 radical (unpaired) electrons. The lowest BCUT2D eigenvalue weighted by molar-refractivity contribution is 0.597. The van der Waals surface area contributed by atoms with Gasteiger partial charge in [0.25, 0.3) is 5.56 Å². The molecule has 0 atom stereocenters. The van der Waals surface area contributed by atoms with Gasteiger partial charge in [0, 0.05) is 29.8 Å². The van der Waals surface area contributed by atoms with Crippen molar-refractivity contribution in [2.75, 3.05) is 0 Å². The van der Waals surface area contributed by atoms with Crippen LogP contribution in [-0.2, 0) is 6.54 Å². The van der Waals surface area contributed by atoms with Gasteiger partial charge in [0.15, 0.2) is 0 Å². The van der Waals surface area contributed by atoms with Crippen LogP contribution in [0, 0.1) is 12.7 Å². The number of nitrogens with zero attached hydrogens (tertiary/aromatic N) is 3. The first-order chi connectivity index (χ1) is 13.0. The van der Waals surface area contributed by atoms with E-state index in [-0.39, 0.29) is 17.9 Å². The summed E-state index contributed by atoms with van der Waals surface area (Å²) in [6.45, 7) is 2.04. The smallest absolute Gasteiger partial charge is 0.260 e. The van der Waals surface area contributed by atoms with Gasteiger partial charge in [0.05, 0.1) is 21.9 Å². The summed E-state index contributed by atoms with van der Waals surface area (Å²) in [4.78, 5) is 21.1. The van der Waals surface area contributed by atoms with Crippen molar-refractivity contribution in [1.82, 2.24) is 14.5 Å². The Morgan fingerprint density at radius 1 is 1.07 bits per heavy atom. The molecule has 4 aromatic rings. The Kier molecular flexibility index (Phi) is 4.58. The zero-order valence-electron chi connectivity index (χ0n) is 14.5. The maximum Gasteiger partial charge on any atom is 0.260 e. The fourth-order valence-electron chi connectivity index (χ4n) is 3.06. The molecule has 4 nitrogen and oxygen atoms in total. The summed E-state index contributed by atoms with van der Waals surface area (Å²) in [6.07, 6.45) is 4.99. The Labute approximate surface area is 163 Å². The molecular weight excluding hydrogens is 409 g/mol. The van der Waals surface area contributed by atoms with Crippen LogP contribution in [0.25, 0.3) is 22.0 Å². The number of hydrogen-bond donors (Lipinski definition) is 0. The van der Waals surface area contributed by atoms with E-state index in [0.29, 0.717) is 20.9 Å². The van der Waals surface area contributed by atoms with E-state index in [0.717, 1.165) is 16.8 Å². The first kappa shape index (κ1) is 17.5. The minimum absolute atomic E-state index is 0.143. The summed E-state index contributed by atoms with van der Waals surface area (Å²) in [5, 5.41) is 0.496. The SMILES string of the molecule is Cc1cc(-c2ccc(Cn3cc(Br)c4ncccc4c3=O)c(F)c2)ccn1. The van der Waals surface area contributed by atoms with Gasteiger partial charge in [-0.05, 0) is 64.3 Å². The Hall–Kier alpha value is -2.86. The quantitative estimate of drug-likeness (QED) is 0.479. The molecular formula is C21H15BrFN3O.